The molecule has 0 aliphatic heterocycles. The van der Waals surface area contributed by atoms with Crippen LogP contribution >= 0.6 is 11.3 Å². The molecule has 0 aliphatic rings. The highest BCUT2D eigenvalue weighted by molar-refractivity contribution is 7.17. The number of halogens is 3. The number of hydrogen-bond acceptors (Lipinski definition) is 4. The number of amides is 1. The van der Waals surface area contributed by atoms with Gasteiger partial charge in [0.25, 0.3) is 5.56 Å². The zero-order valence-corrected chi connectivity index (χ0v) is 18.4. The molecule has 4 aromatic rings. The van der Waals surface area contributed by atoms with Crippen molar-refractivity contribution in [1.29, 1.82) is 0 Å². The first kappa shape index (κ1) is 22.5. The number of alkyl halides is 3. The minimum absolute atomic E-state index is 0.245. The Hall–Kier alpha value is -3.66. The summed E-state index contributed by atoms with van der Waals surface area (Å²) in [5.41, 5.74) is -0.237. The van der Waals surface area contributed by atoms with Gasteiger partial charge < -0.3 is 5.32 Å². The highest BCUT2D eigenvalue weighted by Gasteiger charge is 2.33. The van der Waals surface area contributed by atoms with Crippen molar-refractivity contribution in [2.45, 2.75) is 26.6 Å². The number of para-hydroxylation sites is 1. The summed E-state index contributed by atoms with van der Waals surface area (Å²) in [7, 11) is 0. The van der Waals surface area contributed by atoms with E-state index in [1.807, 2.05) is 13.8 Å². The number of thiophene rings is 1. The molecule has 0 fully saturated rings. The van der Waals surface area contributed by atoms with E-state index in [4.69, 9.17) is 0 Å². The Balaban J connectivity index is 1.79. The number of carbonyl (C=O) groups is 1. The number of hydrogen-bond donors (Lipinski definition) is 1. The van der Waals surface area contributed by atoms with E-state index < -0.39 is 41.1 Å². The van der Waals surface area contributed by atoms with Gasteiger partial charge in [0.2, 0.25) is 5.91 Å². The molecule has 170 valence electrons. The van der Waals surface area contributed by atoms with Crippen molar-refractivity contribution in [1.82, 2.24) is 9.13 Å². The average Bonchev–Trinajstić information content (AvgIpc) is 3.23. The van der Waals surface area contributed by atoms with E-state index >= 15 is 0 Å². The first-order valence-electron chi connectivity index (χ1n) is 9.84. The fourth-order valence-corrected chi connectivity index (χ4v) is 4.33. The molecule has 0 saturated heterocycles. The molecule has 0 aliphatic carbocycles. The molecule has 2 heterocycles. The zero-order chi connectivity index (χ0) is 23.9. The predicted molar refractivity (Wildman–Crippen MR) is 121 cm³/mol. The van der Waals surface area contributed by atoms with E-state index in [-0.39, 0.29) is 10.2 Å². The number of fused-ring (bicyclic) bond motifs is 1. The number of nitrogens with one attached hydrogen (secondary N) is 1. The Bertz CT molecular complexity index is 1500. The van der Waals surface area contributed by atoms with E-state index in [2.05, 4.69) is 5.32 Å². The Labute approximate surface area is 189 Å². The van der Waals surface area contributed by atoms with Crippen molar-refractivity contribution in [2.75, 3.05) is 5.32 Å². The van der Waals surface area contributed by atoms with Gasteiger partial charge in [0.05, 0.1) is 22.5 Å². The summed E-state index contributed by atoms with van der Waals surface area (Å²) in [4.78, 5) is 39.0. The van der Waals surface area contributed by atoms with Crippen LogP contribution in [-0.2, 0) is 17.5 Å². The van der Waals surface area contributed by atoms with Crippen LogP contribution in [-0.4, -0.2) is 15.0 Å². The van der Waals surface area contributed by atoms with E-state index in [9.17, 15) is 27.6 Å². The minimum Gasteiger partial charge on any atom is -0.324 e. The van der Waals surface area contributed by atoms with Gasteiger partial charge in [-0.1, -0.05) is 18.2 Å². The second-order valence-electron chi connectivity index (χ2n) is 7.50. The lowest BCUT2D eigenvalue weighted by atomic mass is 10.1. The molecule has 0 radical (unpaired) electrons. The summed E-state index contributed by atoms with van der Waals surface area (Å²) < 4.78 is 42.1. The van der Waals surface area contributed by atoms with Crippen molar-refractivity contribution in [2.24, 2.45) is 0 Å². The average molecular weight is 473 g/mol. The van der Waals surface area contributed by atoms with Crippen LogP contribution in [0.2, 0.25) is 0 Å². The van der Waals surface area contributed by atoms with E-state index in [1.165, 1.54) is 18.2 Å². The third-order valence-corrected chi connectivity index (χ3v) is 6.20. The van der Waals surface area contributed by atoms with Crippen molar-refractivity contribution in [3.63, 3.8) is 0 Å². The second-order valence-corrected chi connectivity index (χ2v) is 8.42. The lowest BCUT2D eigenvalue weighted by Crippen LogP contribution is -2.40. The molecule has 2 aromatic heterocycles. The third-order valence-electron chi connectivity index (χ3n) is 5.31. The van der Waals surface area contributed by atoms with E-state index in [0.717, 1.165) is 43.7 Å². The van der Waals surface area contributed by atoms with Crippen LogP contribution in [0, 0.1) is 13.8 Å². The molecule has 10 heteroatoms. The van der Waals surface area contributed by atoms with Crippen LogP contribution in [0.4, 0.5) is 18.9 Å². The van der Waals surface area contributed by atoms with Crippen LogP contribution in [0.3, 0.4) is 0 Å². The van der Waals surface area contributed by atoms with E-state index in [0.29, 0.717) is 5.69 Å². The van der Waals surface area contributed by atoms with Gasteiger partial charge in [-0.2, -0.15) is 13.2 Å². The monoisotopic (exact) mass is 473 g/mol. The fourth-order valence-electron chi connectivity index (χ4n) is 3.51. The van der Waals surface area contributed by atoms with Crippen LogP contribution in [0.15, 0.2) is 63.5 Å². The molecule has 0 saturated carbocycles. The van der Waals surface area contributed by atoms with Gasteiger partial charge in [-0.05, 0) is 60.7 Å². The van der Waals surface area contributed by atoms with Gasteiger partial charge in [0.1, 0.15) is 11.2 Å². The summed E-state index contributed by atoms with van der Waals surface area (Å²) in [5.74, 6) is -0.827. The molecule has 6 nitrogen and oxygen atoms in total. The number of aryl methyl sites for hydroxylation is 2. The van der Waals surface area contributed by atoms with Crippen molar-refractivity contribution < 1.29 is 18.0 Å². The van der Waals surface area contributed by atoms with Crippen molar-refractivity contribution in [3.8, 4) is 5.69 Å². The summed E-state index contributed by atoms with van der Waals surface area (Å²) in [6, 6.07) is 11.2. The Morgan fingerprint density at radius 2 is 1.76 bits per heavy atom. The highest BCUT2D eigenvalue weighted by Crippen LogP contribution is 2.34. The molecule has 0 bridgehead atoms. The smallest absolute Gasteiger partial charge is 0.324 e. The van der Waals surface area contributed by atoms with Crippen molar-refractivity contribution in [3.05, 3.63) is 91.4 Å². The van der Waals surface area contributed by atoms with Gasteiger partial charge in [-0.15, -0.1) is 11.3 Å². The largest absolute Gasteiger partial charge is 0.418 e. The lowest BCUT2D eigenvalue weighted by Gasteiger charge is -2.15. The Morgan fingerprint density at radius 3 is 2.45 bits per heavy atom. The van der Waals surface area contributed by atoms with Gasteiger partial charge in [-0.3, -0.25) is 14.2 Å². The number of anilines is 1. The molecule has 1 amide bonds. The minimum atomic E-state index is -4.65. The van der Waals surface area contributed by atoms with Crippen molar-refractivity contribution >= 4 is 33.1 Å². The van der Waals surface area contributed by atoms with Gasteiger partial charge in [0, 0.05) is 0 Å². The molecular formula is C23H18F3N3O3S. The number of rotatable bonds is 4. The third kappa shape index (κ3) is 4.21. The molecule has 4 rings (SSSR count). The first-order valence-corrected chi connectivity index (χ1v) is 10.7. The maximum atomic E-state index is 13.3. The fraction of sp³-hybridized carbons (Fsp3) is 0.174. The maximum Gasteiger partial charge on any atom is 0.418 e. The van der Waals surface area contributed by atoms with Crippen LogP contribution in [0.5, 0.6) is 0 Å². The second kappa shape index (κ2) is 8.36. The normalized spacial score (nSPS) is 11.7. The molecule has 0 unspecified atom stereocenters. The highest BCUT2D eigenvalue weighted by atomic mass is 32.1. The van der Waals surface area contributed by atoms with E-state index in [1.54, 1.807) is 23.6 Å². The molecule has 0 spiro atoms. The Morgan fingerprint density at radius 1 is 1.03 bits per heavy atom. The topological polar surface area (TPSA) is 73.1 Å². The number of carbonyl (C=O) groups excluding carboxylic acids is 1. The molecule has 1 N–H and O–H groups in total. The van der Waals surface area contributed by atoms with Gasteiger partial charge in [0.15, 0.2) is 0 Å². The van der Waals surface area contributed by atoms with Crippen LogP contribution < -0.4 is 16.6 Å². The predicted octanol–water partition coefficient (Wildman–Crippen LogP) is 4.49. The standard InChI is InChI=1S/C23H18F3N3O3S/c1-13-7-8-15(11-14(13)2)29-21(31)20-18(9-10-33-20)28(22(29)32)12-19(30)27-17-6-4-3-5-16(17)23(24,25)26/h3-11H,12H2,1-2H3,(H,27,30). The molecule has 0 atom stereocenters. The Kier molecular flexibility index (Phi) is 5.71. The number of benzene rings is 2. The SMILES string of the molecule is Cc1ccc(-n2c(=O)c3sccc3n(CC(=O)Nc3ccccc3C(F)(F)F)c2=O)cc1C. The van der Waals surface area contributed by atoms with Crippen LogP contribution in [0.25, 0.3) is 15.9 Å². The van der Waals surface area contributed by atoms with Crippen LogP contribution in [0.1, 0.15) is 16.7 Å². The maximum absolute atomic E-state index is 13.3. The zero-order valence-electron chi connectivity index (χ0n) is 17.6. The summed E-state index contributed by atoms with van der Waals surface area (Å²) in [6.07, 6.45) is -4.65. The summed E-state index contributed by atoms with van der Waals surface area (Å²) in [5, 5.41) is 3.85. The first-order chi connectivity index (χ1) is 15.6. The summed E-state index contributed by atoms with van der Waals surface area (Å²) in [6.45, 7) is 3.17. The molecule has 33 heavy (non-hydrogen) atoms. The van der Waals surface area contributed by atoms with Gasteiger partial charge >= 0.3 is 11.9 Å². The van der Waals surface area contributed by atoms with Gasteiger partial charge in [-0.25, -0.2) is 9.36 Å². The molecular weight excluding hydrogens is 455 g/mol. The quantitative estimate of drug-likeness (QED) is 0.475. The number of nitrogens with zero attached hydrogens (tertiary/aromatic N) is 2. The number of aromatic nitrogens is 2. The molecule has 2 aromatic carbocycles. The summed E-state index contributed by atoms with van der Waals surface area (Å²) >= 11 is 1.12. The lowest BCUT2D eigenvalue weighted by molar-refractivity contribution is -0.137.